The summed E-state index contributed by atoms with van der Waals surface area (Å²) in [6, 6.07) is 16.8. The van der Waals surface area contributed by atoms with E-state index in [4.69, 9.17) is 9.72 Å². The fraction of sp³-hybridized carbons (Fsp3) is 0.292. The van der Waals surface area contributed by atoms with E-state index in [1.807, 2.05) is 42.5 Å². The fourth-order valence-electron chi connectivity index (χ4n) is 3.88. The maximum absolute atomic E-state index is 13.1. The summed E-state index contributed by atoms with van der Waals surface area (Å²) in [6.45, 7) is -0.320. The van der Waals surface area contributed by atoms with Crippen molar-refractivity contribution in [1.29, 1.82) is 0 Å². The first-order valence-corrected chi connectivity index (χ1v) is 10.1. The van der Waals surface area contributed by atoms with Gasteiger partial charge in [0.2, 0.25) is 0 Å². The Morgan fingerprint density at radius 2 is 1.62 bits per heavy atom. The Labute approximate surface area is 170 Å². The van der Waals surface area contributed by atoms with Crippen molar-refractivity contribution in [3.8, 4) is 0 Å². The number of carbonyl (C=O) groups is 2. The zero-order valence-corrected chi connectivity index (χ0v) is 16.3. The van der Waals surface area contributed by atoms with Crippen LogP contribution in [0.25, 0.3) is 10.9 Å². The summed E-state index contributed by atoms with van der Waals surface area (Å²) in [5, 5.41) is 3.53. The van der Waals surface area contributed by atoms with Crippen LogP contribution in [-0.4, -0.2) is 23.5 Å². The molecular weight excluding hydrogens is 364 g/mol. The number of hydrogen-bond acceptors (Lipinski definition) is 4. The second kappa shape index (κ2) is 8.86. The van der Waals surface area contributed by atoms with Crippen LogP contribution in [0.15, 0.2) is 54.6 Å². The Kier molecular flexibility index (Phi) is 5.84. The standard InChI is InChI=1S/C24H24N2O3/c27-22(25-17-10-4-3-5-11-17)16-29-24(28)23-18-12-6-1-2-7-14-20(18)26-21-15-9-8-13-19(21)23/h3-5,8-11,13,15H,1-2,6-7,12,14,16H2,(H,25,27). The highest BCUT2D eigenvalue weighted by Gasteiger charge is 2.23. The third kappa shape index (κ3) is 4.45. The summed E-state index contributed by atoms with van der Waals surface area (Å²) in [4.78, 5) is 30.1. The molecule has 5 heteroatoms. The predicted molar refractivity (Wildman–Crippen MR) is 113 cm³/mol. The molecule has 0 saturated carbocycles. The van der Waals surface area contributed by atoms with Crippen molar-refractivity contribution in [3.05, 3.63) is 71.4 Å². The van der Waals surface area contributed by atoms with Gasteiger partial charge in [-0.25, -0.2) is 4.79 Å². The van der Waals surface area contributed by atoms with Gasteiger partial charge in [0.25, 0.3) is 5.91 Å². The number of amides is 1. The monoisotopic (exact) mass is 388 g/mol. The highest BCUT2D eigenvalue weighted by atomic mass is 16.5. The molecule has 1 heterocycles. The number of para-hydroxylation sites is 2. The van der Waals surface area contributed by atoms with Gasteiger partial charge >= 0.3 is 5.97 Å². The number of aromatic nitrogens is 1. The Hall–Kier alpha value is -3.21. The lowest BCUT2D eigenvalue weighted by molar-refractivity contribution is -0.119. The topological polar surface area (TPSA) is 68.3 Å². The van der Waals surface area contributed by atoms with E-state index < -0.39 is 5.97 Å². The Balaban J connectivity index is 1.59. The molecule has 1 aromatic heterocycles. The molecule has 1 aliphatic carbocycles. The number of anilines is 1. The van der Waals surface area contributed by atoms with Crippen molar-refractivity contribution in [2.75, 3.05) is 11.9 Å². The van der Waals surface area contributed by atoms with Crippen LogP contribution in [0.5, 0.6) is 0 Å². The number of carbonyl (C=O) groups excluding carboxylic acids is 2. The van der Waals surface area contributed by atoms with Crippen LogP contribution in [0.1, 0.15) is 47.3 Å². The molecule has 4 rings (SSSR count). The first kappa shape index (κ1) is 19.1. The van der Waals surface area contributed by atoms with Gasteiger partial charge in [-0.2, -0.15) is 0 Å². The summed E-state index contributed by atoms with van der Waals surface area (Å²) in [6.07, 6.45) is 6.13. The van der Waals surface area contributed by atoms with Crippen LogP contribution in [0, 0.1) is 0 Å². The summed E-state index contributed by atoms with van der Waals surface area (Å²) < 4.78 is 5.43. The van der Waals surface area contributed by atoms with E-state index in [1.165, 1.54) is 6.42 Å². The number of fused-ring (bicyclic) bond motifs is 2. The number of ether oxygens (including phenoxy) is 1. The largest absolute Gasteiger partial charge is 0.452 e. The van der Waals surface area contributed by atoms with Gasteiger partial charge in [-0.3, -0.25) is 9.78 Å². The molecule has 0 bridgehead atoms. The summed E-state index contributed by atoms with van der Waals surface area (Å²) in [5.41, 5.74) is 4.02. The van der Waals surface area contributed by atoms with Gasteiger partial charge in [0.15, 0.2) is 6.61 Å². The molecule has 0 aliphatic heterocycles. The zero-order valence-electron chi connectivity index (χ0n) is 16.3. The first-order valence-electron chi connectivity index (χ1n) is 10.1. The third-order valence-corrected chi connectivity index (χ3v) is 5.27. The number of rotatable bonds is 4. The van der Waals surface area contributed by atoms with Crippen molar-refractivity contribution in [2.45, 2.75) is 38.5 Å². The Morgan fingerprint density at radius 1 is 0.897 bits per heavy atom. The van der Waals surface area contributed by atoms with Gasteiger partial charge in [0, 0.05) is 16.8 Å². The van der Waals surface area contributed by atoms with E-state index in [-0.39, 0.29) is 12.5 Å². The van der Waals surface area contributed by atoms with Crippen LogP contribution in [-0.2, 0) is 22.4 Å². The van der Waals surface area contributed by atoms with Gasteiger partial charge in [-0.05, 0) is 49.4 Å². The van der Waals surface area contributed by atoms with E-state index >= 15 is 0 Å². The highest BCUT2D eigenvalue weighted by Crippen LogP contribution is 2.29. The van der Waals surface area contributed by atoms with Gasteiger partial charge < -0.3 is 10.1 Å². The number of benzene rings is 2. The van der Waals surface area contributed by atoms with Crippen LogP contribution in [0.4, 0.5) is 5.69 Å². The minimum absolute atomic E-state index is 0.320. The summed E-state index contributed by atoms with van der Waals surface area (Å²) in [7, 11) is 0. The number of pyridine rings is 1. The number of nitrogens with one attached hydrogen (secondary N) is 1. The molecule has 2 aromatic carbocycles. The third-order valence-electron chi connectivity index (χ3n) is 5.27. The number of aryl methyl sites for hydroxylation is 1. The van der Waals surface area contributed by atoms with Gasteiger partial charge in [0.1, 0.15) is 0 Å². The average molecular weight is 388 g/mol. The molecule has 1 amide bonds. The quantitative estimate of drug-likeness (QED) is 0.659. The van der Waals surface area contributed by atoms with Crippen molar-refractivity contribution in [1.82, 2.24) is 4.98 Å². The highest BCUT2D eigenvalue weighted by molar-refractivity contribution is 6.06. The lowest BCUT2D eigenvalue weighted by Gasteiger charge is -2.18. The number of esters is 1. The van der Waals surface area contributed by atoms with Gasteiger partial charge in [0.05, 0.1) is 11.1 Å². The maximum Gasteiger partial charge on any atom is 0.339 e. The smallest absolute Gasteiger partial charge is 0.339 e. The number of nitrogens with zero attached hydrogens (tertiary/aromatic N) is 1. The predicted octanol–water partition coefficient (Wildman–Crippen LogP) is 4.69. The van der Waals surface area contributed by atoms with E-state index in [2.05, 4.69) is 5.32 Å². The molecule has 0 atom stereocenters. The molecule has 0 spiro atoms. The fourth-order valence-corrected chi connectivity index (χ4v) is 3.88. The van der Waals surface area contributed by atoms with E-state index in [1.54, 1.807) is 12.1 Å². The lowest BCUT2D eigenvalue weighted by Crippen LogP contribution is -2.22. The van der Waals surface area contributed by atoms with Crippen LogP contribution in [0.2, 0.25) is 0 Å². The van der Waals surface area contributed by atoms with E-state index in [9.17, 15) is 9.59 Å². The minimum Gasteiger partial charge on any atom is -0.452 e. The average Bonchev–Trinajstić information content (AvgIpc) is 2.72. The van der Waals surface area contributed by atoms with Crippen molar-refractivity contribution >= 4 is 28.5 Å². The minimum atomic E-state index is -0.455. The Morgan fingerprint density at radius 3 is 2.45 bits per heavy atom. The van der Waals surface area contributed by atoms with Crippen LogP contribution < -0.4 is 5.32 Å². The first-order chi connectivity index (χ1) is 14.2. The molecule has 29 heavy (non-hydrogen) atoms. The van der Waals surface area contributed by atoms with Crippen molar-refractivity contribution in [2.24, 2.45) is 0 Å². The number of hydrogen-bond donors (Lipinski definition) is 1. The summed E-state index contributed by atoms with van der Waals surface area (Å²) >= 11 is 0. The van der Waals surface area contributed by atoms with E-state index in [0.29, 0.717) is 11.3 Å². The molecule has 0 fully saturated rings. The normalized spacial score (nSPS) is 13.8. The molecule has 1 N–H and O–H groups in total. The van der Waals surface area contributed by atoms with E-state index in [0.717, 1.165) is 54.3 Å². The SMILES string of the molecule is O=C(COC(=O)c1c2c(nc3ccccc13)CCCCCC2)Nc1ccccc1. The van der Waals surface area contributed by atoms with Crippen LogP contribution >= 0.6 is 0 Å². The van der Waals surface area contributed by atoms with Crippen molar-refractivity contribution < 1.29 is 14.3 Å². The van der Waals surface area contributed by atoms with Gasteiger partial charge in [-0.1, -0.05) is 49.2 Å². The molecule has 0 unspecified atom stereocenters. The van der Waals surface area contributed by atoms with Crippen LogP contribution in [0.3, 0.4) is 0 Å². The molecule has 148 valence electrons. The molecule has 0 radical (unpaired) electrons. The lowest BCUT2D eigenvalue weighted by atomic mass is 9.91. The molecular formula is C24H24N2O3. The van der Waals surface area contributed by atoms with Crippen molar-refractivity contribution in [3.63, 3.8) is 0 Å². The Bertz CT molecular complexity index is 1030. The summed E-state index contributed by atoms with van der Waals surface area (Å²) in [5.74, 6) is -0.811. The molecule has 1 aliphatic rings. The van der Waals surface area contributed by atoms with Gasteiger partial charge in [-0.15, -0.1) is 0 Å². The second-order valence-electron chi connectivity index (χ2n) is 7.33. The molecule has 0 saturated heterocycles. The zero-order chi connectivity index (χ0) is 20.1. The molecule has 3 aromatic rings. The second-order valence-corrected chi connectivity index (χ2v) is 7.33. The molecule has 5 nitrogen and oxygen atoms in total. The maximum atomic E-state index is 13.1.